The van der Waals surface area contributed by atoms with Crippen LogP contribution in [0.4, 0.5) is 0 Å². The minimum absolute atomic E-state index is 0.0506. The maximum absolute atomic E-state index is 12.1. The van der Waals surface area contributed by atoms with Crippen molar-refractivity contribution in [1.29, 1.82) is 0 Å². The van der Waals surface area contributed by atoms with Crippen molar-refractivity contribution in [3.8, 4) is 0 Å². The lowest BCUT2D eigenvalue weighted by molar-refractivity contribution is -0.121. The zero-order valence-electron chi connectivity index (χ0n) is 11.2. The number of thioether (sulfide) groups is 1. The monoisotopic (exact) mass is 303 g/mol. The zero-order chi connectivity index (χ0) is 14.1. The number of aliphatic imine (C=N–C) groups is 1. The van der Waals surface area contributed by atoms with Crippen LogP contribution in [-0.2, 0) is 4.79 Å². The van der Waals surface area contributed by atoms with Crippen molar-refractivity contribution >= 4 is 50.5 Å². The molecule has 1 amide bonds. The number of benzene rings is 1. The first kappa shape index (κ1) is 13.3. The minimum atomic E-state index is -0.0506. The molecule has 0 bridgehead atoms. The predicted molar refractivity (Wildman–Crippen MR) is 85.9 cm³/mol. The molecule has 1 aromatic carbocycles. The van der Waals surface area contributed by atoms with Gasteiger partial charge in [0.05, 0.1) is 15.7 Å². The largest absolute Gasteiger partial charge is 0.289 e. The van der Waals surface area contributed by atoms with Crippen LogP contribution in [0.3, 0.4) is 0 Å². The number of carbonyl (C=O) groups excluding carboxylic acids is 1. The topological polar surface area (TPSA) is 45.6 Å². The first-order valence-corrected chi connectivity index (χ1v) is 8.10. The van der Waals surface area contributed by atoms with Crippen molar-refractivity contribution < 1.29 is 4.79 Å². The molecule has 0 fully saturated rings. The fraction of sp³-hybridized carbons (Fsp3) is 0.214. The maximum Gasteiger partial charge on any atom is 0.278 e. The second-order valence-electron chi connectivity index (χ2n) is 4.30. The summed E-state index contributed by atoms with van der Waals surface area (Å²) in [6.45, 7) is 2.05. The Bertz CT molecular complexity index is 733. The normalized spacial score (nSPS) is 17.3. The highest BCUT2D eigenvalue weighted by atomic mass is 32.2. The van der Waals surface area contributed by atoms with Crippen LogP contribution in [0.2, 0.25) is 0 Å². The van der Waals surface area contributed by atoms with Crippen LogP contribution in [0.5, 0.6) is 0 Å². The average Bonchev–Trinajstić information content (AvgIpc) is 3.00. The molecule has 1 aromatic heterocycles. The van der Waals surface area contributed by atoms with E-state index >= 15 is 0 Å². The Morgan fingerprint density at radius 1 is 1.45 bits per heavy atom. The van der Waals surface area contributed by atoms with Gasteiger partial charge in [-0.3, -0.25) is 9.69 Å². The van der Waals surface area contributed by atoms with Gasteiger partial charge < -0.3 is 0 Å². The van der Waals surface area contributed by atoms with Gasteiger partial charge in [-0.2, -0.15) is 0 Å². The van der Waals surface area contributed by atoms with Crippen LogP contribution in [0, 0.1) is 0 Å². The van der Waals surface area contributed by atoms with Gasteiger partial charge in [0.1, 0.15) is 5.70 Å². The molecule has 0 radical (unpaired) electrons. The molecule has 0 saturated carbocycles. The average molecular weight is 303 g/mol. The Labute approximate surface area is 125 Å². The smallest absolute Gasteiger partial charge is 0.278 e. The van der Waals surface area contributed by atoms with Gasteiger partial charge in [0, 0.05) is 7.05 Å². The molecule has 0 atom stereocenters. The third-order valence-electron chi connectivity index (χ3n) is 2.96. The molecule has 2 aromatic rings. The van der Waals surface area contributed by atoms with Gasteiger partial charge in [0.2, 0.25) is 0 Å². The summed E-state index contributed by atoms with van der Waals surface area (Å²) in [5.41, 5.74) is 4.28. The Morgan fingerprint density at radius 3 is 3.10 bits per heavy atom. The molecule has 1 aliphatic rings. The number of fused-ring (bicyclic) bond motifs is 1. The van der Waals surface area contributed by atoms with Crippen molar-refractivity contribution in [3.05, 3.63) is 35.0 Å². The second-order valence-corrected chi connectivity index (χ2v) is 6.42. The Kier molecular flexibility index (Phi) is 3.58. The first-order chi connectivity index (χ1) is 9.69. The van der Waals surface area contributed by atoms with Crippen molar-refractivity contribution in [3.63, 3.8) is 0 Å². The molecule has 2 heterocycles. The molecular weight excluding hydrogens is 290 g/mol. The highest BCUT2D eigenvalue weighted by molar-refractivity contribution is 8.13. The number of amides is 1. The molecule has 20 heavy (non-hydrogen) atoms. The highest BCUT2D eigenvalue weighted by Crippen LogP contribution is 2.24. The van der Waals surface area contributed by atoms with Crippen LogP contribution < -0.4 is 0 Å². The number of carbonyl (C=O) groups is 1. The molecular formula is C14H13N3OS2. The molecule has 102 valence electrons. The summed E-state index contributed by atoms with van der Waals surface area (Å²) in [6, 6.07) is 5.96. The molecule has 4 nitrogen and oxygen atoms in total. The van der Waals surface area contributed by atoms with Crippen molar-refractivity contribution in [2.24, 2.45) is 4.99 Å². The highest BCUT2D eigenvalue weighted by Gasteiger charge is 2.26. The first-order valence-electron chi connectivity index (χ1n) is 6.23. The van der Waals surface area contributed by atoms with E-state index in [9.17, 15) is 4.79 Å². The SMILES string of the molecule is CCSC1=N/C(=C\c2ccc3ncsc3c2)C(=O)N1C. The van der Waals surface area contributed by atoms with Gasteiger partial charge in [0.15, 0.2) is 5.17 Å². The van der Waals surface area contributed by atoms with E-state index in [0.29, 0.717) is 5.70 Å². The van der Waals surface area contributed by atoms with E-state index in [0.717, 1.165) is 26.7 Å². The number of aromatic nitrogens is 1. The fourth-order valence-electron chi connectivity index (χ4n) is 1.96. The Balaban J connectivity index is 1.96. The molecule has 1 aliphatic heterocycles. The summed E-state index contributed by atoms with van der Waals surface area (Å²) in [6.07, 6.45) is 1.83. The van der Waals surface area contributed by atoms with E-state index in [2.05, 4.69) is 9.98 Å². The van der Waals surface area contributed by atoms with E-state index in [-0.39, 0.29) is 5.91 Å². The van der Waals surface area contributed by atoms with Gasteiger partial charge in [-0.25, -0.2) is 9.98 Å². The van der Waals surface area contributed by atoms with Crippen molar-refractivity contribution in [2.45, 2.75) is 6.92 Å². The van der Waals surface area contributed by atoms with Gasteiger partial charge in [-0.15, -0.1) is 11.3 Å². The molecule has 6 heteroatoms. The van der Waals surface area contributed by atoms with Crippen LogP contribution in [-0.4, -0.2) is 33.8 Å². The molecule has 0 spiro atoms. The van der Waals surface area contributed by atoms with Crippen molar-refractivity contribution in [2.75, 3.05) is 12.8 Å². The molecule has 0 aliphatic carbocycles. The zero-order valence-corrected chi connectivity index (χ0v) is 12.8. The summed E-state index contributed by atoms with van der Waals surface area (Å²) in [5.74, 6) is 0.849. The minimum Gasteiger partial charge on any atom is -0.289 e. The summed E-state index contributed by atoms with van der Waals surface area (Å²) in [5, 5.41) is 0.766. The van der Waals surface area contributed by atoms with Crippen molar-refractivity contribution in [1.82, 2.24) is 9.88 Å². The van der Waals surface area contributed by atoms with Gasteiger partial charge in [-0.05, 0) is 29.5 Å². The third kappa shape index (κ3) is 2.36. The van der Waals surface area contributed by atoms with E-state index in [1.54, 1.807) is 35.0 Å². The van der Waals surface area contributed by atoms with Gasteiger partial charge >= 0.3 is 0 Å². The lowest BCUT2D eigenvalue weighted by Gasteiger charge is -2.08. The second kappa shape index (κ2) is 5.38. The summed E-state index contributed by atoms with van der Waals surface area (Å²) >= 11 is 3.17. The van der Waals surface area contributed by atoms with E-state index in [1.165, 1.54) is 0 Å². The number of nitrogens with zero attached hydrogens (tertiary/aromatic N) is 3. The number of thiazole rings is 1. The fourth-order valence-corrected chi connectivity index (χ4v) is 3.38. The maximum atomic E-state index is 12.1. The van der Waals surface area contributed by atoms with E-state index in [4.69, 9.17) is 0 Å². The third-order valence-corrected chi connectivity index (χ3v) is 4.66. The molecule has 0 unspecified atom stereocenters. The summed E-state index contributed by atoms with van der Waals surface area (Å²) in [4.78, 5) is 22.4. The number of hydrogen-bond donors (Lipinski definition) is 0. The Hall–Kier alpha value is -1.66. The molecule has 3 rings (SSSR count). The molecule has 0 N–H and O–H groups in total. The van der Waals surface area contributed by atoms with Crippen LogP contribution in [0.1, 0.15) is 12.5 Å². The summed E-state index contributed by atoms with van der Waals surface area (Å²) in [7, 11) is 1.76. The number of rotatable bonds is 2. The van der Waals surface area contributed by atoms with Crippen LogP contribution in [0.25, 0.3) is 16.3 Å². The van der Waals surface area contributed by atoms with Crippen LogP contribution >= 0.6 is 23.1 Å². The molecule has 0 saturated heterocycles. The van der Waals surface area contributed by atoms with E-state index < -0.39 is 0 Å². The summed E-state index contributed by atoms with van der Waals surface area (Å²) < 4.78 is 1.12. The standard InChI is InChI=1S/C14H13N3OS2/c1-3-19-14-16-11(13(18)17(14)2)6-9-4-5-10-12(7-9)20-8-15-10/h4-8H,3H2,1-2H3/b11-6-. The lowest BCUT2D eigenvalue weighted by atomic mass is 10.2. The Morgan fingerprint density at radius 2 is 2.30 bits per heavy atom. The number of hydrogen-bond acceptors (Lipinski definition) is 5. The number of amidine groups is 1. The van der Waals surface area contributed by atoms with Gasteiger partial charge in [-0.1, -0.05) is 24.8 Å². The predicted octanol–water partition coefficient (Wildman–Crippen LogP) is 3.22. The lowest BCUT2D eigenvalue weighted by Crippen LogP contribution is -2.25. The quantitative estimate of drug-likeness (QED) is 0.800. The number of likely N-dealkylation sites (N-methyl/N-ethyl adjacent to an activating group) is 1. The van der Waals surface area contributed by atoms with Gasteiger partial charge in [0.25, 0.3) is 5.91 Å². The van der Waals surface area contributed by atoms with E-state index in [1.807, 2.05) is 36.7 Å². The van der Waals surface area contributed by atoms with Crippen LogP contribution in [0.15, 0.2) is 34.4 Å².